The second kappa shape index (κ2) is 9.01. The lowest BCUT2D eigenvalue weighted by Gasteiger charge is -2.37. The van der Waals surface area contributed by atoms with E-state index in [0.717, 1.165) is 21.0 Å². The van der Waals surface area contributed by atoms with Crippen molar-refractivity contribution in [2.45, 2.75) is 31.3 Å². The van der Waals surface area contributed by atoms with Crippen molar-refractivity contribution in [1.29, 1.82) is 0 Å². The van der Waals surface area contributed by atoms with E-state index in [4.69, 9.17) is 26.1 Å². The summed E-state index contributed by atoms with van der Waals surface area (Å²) in [5, 5.41) is 9.93. The van der Waals surface area contributed by atoms with Crippen molar-refractivity contribution in [3.8, 4) is 5.88 Å². The van der Waals surface area contributed by atoms with Gasteiger partial charge in [-0.25, -0.2) is 4.98 Å². The molecule has 11 heteroatoms. The lowest BCUT2D eigenvalue weighted by molar-refractivity contribution is 0.0949. The third-order valence-electron chi connectivity index (χ3n) is 6.00. The molecule has 0 radical (unpaired) electrons. The van der Waals surface area contributed by atoms with Crippen molar-refractivity contribution < 1.29 is 14.3 Å². The van der Waals surface area contributed by atoms with E-state index in [1.54, 1.807) is 13.2 Å². The number of dihydropyridines is 1. The number of hydrogen-bond acceptors (Lipinski definition) is 9. The van der Waals surface area contributed by atoms with Gasteiger partial charge in [0.25, 0.3) is 5.91 Å². The van der Waals surface area contributed by atoms with Gasteiger partial charge in [0.2, 0.25) is 11.8 Å². The summed E-state index contributed by atoms with van der Waals surface area (Å²) >= 11 is 7.66. The number of halogens is 1. The highest BCUT2D eigenvalue weighted by atomic mass is 35.5. The highest BCUT2D eigenvalue weighted by molar-refractivity contribution is 7.15. The van der Waals surface area contributed by atoms with Gasteiger partial charge in [-0.1, -0.05) is 23.8 Å². The molecule has 1 amide bonds. The summed E-state index contributed by atoms with van der Waals surface area (Å²) in [6.07, 6.45) is 8.16. The molecule has 5 rings (SSSR count). The summed E-state index contributed by atoms with van der Waals surface area (Å²) in [5.41, 5.74) is 1.62. The number of aromatic nitrogens is 2. The zero-order chi connectivity index (χ0) is 23.9. The number of amidine groups is 1. The number of nitrogens with zero attached hydrogens (tertiary/aromatic N) is 3. The fraction of sp³-hybridized carbons (Fsp3) is 0.391. The van der Waals surface area contributed by atoms with Crippen LogP contribution in [0.1, 0.15) is 34.0 Å². The van der Waals surface area contributed by atoms with Gasteiger partial charge >= 0.3 is 0 Å². The molecule has 9 nitrogen and oxygen atoms in total. The molecular formula is C23H25ClN6O3S. The van der Waals surface area contributed by atoms with Crippen LogP contribution in [0.4, 0.5) is 11.6 Å². The number of thiophene rings is 1. The normalized spacial score (nSPS) is 24.7. The van der Waals surface area contributed by atoms with Crippen LogP contribution in [-0.2, 0) is 10.2 Å². The Balaban J connectivity index is 1.41. The van der Waals surface area contributed by atoms with Crippen molar-refractivity contribution in [2.24, 2.45) is 4.99 Å². The molecule has 2 aliphatic heterocycles. The van der Waals surface area contributed by atoms with E-state index >= 15 is 0 Å². The smallest absolute Gasteiger partial charge is 0.263 e. The van der Waals surface area contributed by atoms with Crippen molar-refractivity contribution in [3.63, 3.8) is 0 Å². The van der Waals surface area contributed by atoms with Gasteiger partial charge in [0, 0.05) is 41.6 Å². The van der Waals surface area contributed by atoms with Crippen molar-refractivity contribution in [2.75, 3.05) is 37.5 Å². The number of rotatable bonds is 5. The maximum atomic E-state index is 12.7. The second-order valence-electron chi connectivity index (χ2n) is 8.55. The average molecular weight is 501 g/mol. The van der Waals surface area contributed by atoms with Crippen molar-refractivity contribution in [3.05, 3.63) is 44.8 Å². The second-order valence-corrected chi connectivity index (χ2v) is 9.99. The van der Waals surface area contributed by atoms with E-state index in [-0.39, 0.29) is 23.1 Å². The summed E-state index contributed by atoms with van der Waals surface area (Å²) in [7, 11) is 1.60. The lowest BCUT2D eigenvalue weighted by Crippen LogP contribution is -2.39. The predicted octanol–water partition coefficient (Wildman–Crippen LogP) is 3.49. The standard InChI is InChI=1S/C23H25ClN6O3S/c1-12-11-25-19-18-13(34-20(19)21(31)26-12)4-5-14-23(18,2)7-6-16(27-14)29-22-28-15(24)10-17(30-22)33-9-8-32-3/h4-7,10,12,14,25H,8-9,11H2,1-3H3,(H,26,31)(H,27,28,29,30)/t12-,14?,23?/m1/s1. The van der Waals surface area contributed by atoms with Crippen LogP contribution in [0.5, 0.6) is 5.88 Å². The maximum Gasteiger partial charge on any atom is 0.263 e. The summed E-state index contributed by atoms with van der Waals surface area (Å²) in [6.45, 7) is 5.61. The first-order valence-electron chi connectivity index (χ1n) is 11.0. The molecule has 0 saturated heterocycles. The van der Waals surface area contributed by atoms with Gasteiger partial charge in [0.05, 0.1) is 18.3 Å². The highest BCUT2D eigenvalue weighted by Crippen LogP contribution is 2.49. The van der Waals surface area contributed by atoms with Crippen LogP contribution in [-0.4, -0.2) is 60.7 Å². The van der Waals surface area contributed by atoms with Gasteiger partial charge in [-0.05, 0) is 26.0 Å². The molecule has 0 saturated carbocycles. The minimum absolute atomic E-state index is 0.0345. The number of ether oxygens (including phenoxy) is 2. The third-order valence-corrected chi connectivity index (χ3v) is 7.35. The fourth-order valence-electron chi connectivity index (χ4n) is 4.30. The third kappa shape index (κ3) is 4.17. The number of anilines is 2. The number of carbonyl (C=O) groups excluding carboxylic acids is 1. The van der Waals surface area contributed by atoms with Crippen molar-refractivity contribution in [1.82, 2.24) is 15.3 Å². The zero-order valence-corrected chi connectivity index (χ0v) is 20.6. The average Bonchev–Trinajstić information content (AvgIpc) is 3.12. The predicted molar refractivity (Wildman–Crippen MR) is 135 cm³/mol. The minimum Gasteiger partial charge on any atom is -0.475 e. The molecule has 0 bridgehead atoms. The summed E-state index contributed by atoms with van der Waals surface area (Å²) in [5.74, 6) is 1.23. The molecular weight excluding hydrogens is 476 g/mol. The SMILES string of the molecule is COCCOc1cc(Cl)nc(NC2=NC3C=Cc4sc5c(c4C3(C)C=C2)NC[C@@H](C)NC5=O)n1. The van der Waals surface area contributed by atoms with Crippen molar-refractivity contribution >= 4 is 52.4 Å². The fourth-order valence-corrected chi connectivity index (χ4v) is 5.69. The molecule has 2 aromatic rings. The van der Waals surface area contributed by atoms with Gasteiger partial charge in [0.1, 0.15) is 22.5 Å². The van der Waals surface area contributed by atoms with Crippen LogP contribution in [0, 0.1) is 0 Å². The lowest BCUT2D eigenvalue weighted by atomic mass is 9.71. The Labute approximate surface area is 206 Å². The quantitative estimate of drug-likeness (QED) is 0.425. The summed E-state index contributed by atoms with van der Waals surface area (Å²) < 4.78 is 10.6. The molecule has 2 aromatic heterocycles. The van der Waals surface area contributed by atoms with E-state index in [2.05, 4.69) is 51.1 Å². The number of aliphatic imine (C=N–C) groups is 1. The molecule has 3 N–H and O–H groups in total. The molecule has 2 unspecified atom stereocenters. The van der Waals surface area contributed by atoms with Crippen LogP contribution < -0.4 is 20.7 Å². The first kappa shape index (κ1) is 22.8. The highest BCUT2D eigenvalue weighted by Gasteiger charge is 2.43. The van der Waals surface area contributed by atoms with E-state index < -0.39 is 5.41 Å². The monoisotopic (exact) mass is 500 g/mol. The number of carbonyl (C=O) groups is 1. The Morgan fingerprint density at radius 2 is 2.18 bits per heavy atom. The Bertz CT molecular complexity index is 1230. The number of methoxy groups -OCH3 is 1. The van der Waals surface area contributed by atoms with Crippen LogP contribution >= 0.6 is 22.9 Å². The first-order chi connectivity index (χ1) is 16.4. The molecule has 178 valence electrons. The summed E-state index contributed by atoms with van der Waals surface area (Å²) in [4.78, 5) is 28.0. The largest absolute Gasteiger partial charge is 0.475 e. The van der Waals surface area contributed by atoms with E-state index in [9.17, 15) is 4.79 Å². The molecule has 3 aliphatic rings. The molecule has 34 heavy (non-hydrogen) atoms. The van der Waals surface area contributed by atoms with Crippen LogP contribution in [0.25, 0.3) is 6.08 Å². The molecule has 0 aromatic carbocycles. The molecule has 3 atom stereocenters. The minimum atomic E-state index is -0.399. The molecule has 0 spiro atoms. The Kier molecular flexibility index (Phi) is 6.05. The topological polar surface area (TPSA) is 110 Å². The molecule has 4 heterocycles. The number of hydrogen-bond donors (Lipinski definition) is 3. The van der Waals surface area contributed by atoms with Gasteiger partial charge in [-0.15, -0.1) is 11.3 Å². The summed E-state index contributed by atoms with van der Waals surface area (Å²) in [6, 6.07) is 1.45. The Morgan fingerprint density at radius 3 is 3.00 bits per heavy atom. The Morgan fingerprint density at radius 1 is 1.32 bits per heavy atom. The zero-order valence-electron chi connectivity index (χ0n) is 19.0. The first-order valence-corrected chi connectivity index (χ1v) is 12.2. The van der Waals surface area contributed by atoms with E-state index in [0.29, 0.717) is 37.4 Å². The van der Waals surface area contributed by atoms with E-state index in [1.165, 1.54) is 11.3 Å². The maximum absolute atomic E-state index is 12.7. The number of fused-ring (bicyclic) bond motifs is 5. The van der Waals surface area contributed by atoms with Crippen LogP contribution in [0.2, 0.25) is 5.15 Å². The molecule has 0 fully saturated rings. The van der Waals surface area contributed by atoms with Gasteiger partial charge in [-0.3, -0.25) is 9.79 Å². The van der Waals surface area contributed by atoms with E-state index in [1.807, 2.05) is 13.0 Å². The van der Waals surface area contributed by atoms with Crippen LogP contribution in [0.3, 0.4) is 0 Å². The molecule has 1 aliphatic carbocycles. The number of nitrogens with one attached hydrogen (secondary N) is 3. The Hall–Kier alpha value is -2.95. The number of amides is 1. The van der Waals surface area contributed by atoms with Gasteiger partial charge in [-0.2, -0.15) is 4.98 Å². The van der Waals surface area contributed by atoms with Gasteiger partial charge < -0.3 is 25.4 Å². The van der Waals surface area contributed by atoms with Gasteiger partial charge in [0.15, 0.2) is 0 Å². The van der Waals surface area contributed by atoms with Crippen LogP contribution in [0.15, 0.2) is 29.3 Å².